The molecule has 1 rings (SSSR count). The number of hydrogen-bond donors (Lipinski definition) is 1. The summed E-state index contributed by atoms with van der Waals surface area (Å²) in [5.41, 5.74) is 0.794. The van der Waals surface area contributed by atoms with Gasteiger partial charge in [-0.15, -0.1) is 0 Å². The van der Waals surface area contributed by atoms with Gasteiger partial charge in [-0.2, -0.15) is 0 Å². The van der Waals surface area contributed by atoms with Crippen LogP contribution >= 0.6 is 15.9 Å². The molecule has 0 aliphatic carbocycles. The summed E-state index contributed by atoms with van der Waals surface area (Å²) in [7, 11) is 0. The molecule has 0 saturated heterocycles. The van der Waals surface area contributed by atoms with Gasteiger partial charge in [0.1, 0.15) is 5.82 Å². The maximum Gasteiger partial charge on any atom is 0.140 e. The summed E-state index contributed by atoms with van der Waals surface area (Å²) in [5.74, 6) is -0.118. The van der Waals surface area contributed by atoms with Crippen molar-refractivity contribution in [1.82, 2.24) is 5.32 Å². The van der Waals surface area contributed by atoms with Crippen molar-refractivity contribution >= 4 is 15.9 Å². The Balaban J connectivity index is 2.34. The molecule has 1 N–H and O–H groups in total. The number of halogens is 2. The van der Waals surface area contributed by atoms with Gasteiger partial charge in [-0.1, -0.05) is 19.1 Å². The van der Waals surface area contributed by atoms with Gasteiger partial charge < -0.3 is 5.32 Å². The van der Waals surface area contributed by atoms with Crippen LogP contribution in [0, 0.1) is 5.82 Å². The lowest BCUT2D eigenvalue weighted by atomic mass is 10.1. The third-order valence-electron chi connectivity index (χ3n) is 2.26. The van der Waals surface area contributed by atoms with Crippen LogP contribution in [-0.2, 0) is 6.42 Å². The molecule has 0 saturated carbocycles. The second-order valence-corrected chi connectivity index (χ2v) is 4.42. The normalized spacial score (nSPS) is 10.6. The molecule has 0 amide bonds. The average Bonchev–Trinajstić information content (AvgIpc) is 2.24. The SMILES string of the molecule is CCCNCCCc1cccc(Br)c1F. The Morgan fingerprint density at radius 2 is 2.13 bits per heavy atom. The number of nitrogens with one attached hydrogen (secondary N) is 1. The lowest BCUT2D eigenvalue weighted by Crippen LogP contribution is -2.16. The summed E-state index contributed by atoms with van der Waals surface area (Å²) >= 11 is 3.19. The van der Waals surface area contributed by atoms with E-state index in [2.05, 4.69) is 28.2 Å². The molecule has 3 heteroatoms. The number of aryl methyl sites for hydroxylation is 1. The van der Waals surface area contributed by atoms with E-state index in [9.17, 15) is 4.39 Å². The molecule has 0 atom stereocenters. The van der Waals surface area contributed by atoms with Crippen molar-refractivity contribution in [3.63, 3.8) is 0 Å². The van der Waals surface area contributed by atoms with Crippen LogP contribution in [0.25, 0.3) is 0 Å². The molecule has 84 valence electrons. The van der Waals surface area contributed by atoms with Crippen molar-refractivity contribution in [2.75, 3.05) is 13.1 Å². The highest BCUT2D eigenvalue weighted by molar-refractivity contribution is 9.10. The first-order valence-electron chi connectivity index (χ1n) is 5.39. The summed E-state index contributed by atoms with van der Waals surface area (Å²) in [4.78, 5) is 0. The molecule has 0 aromatic heterocycles. The third kappa shape index (κ3) is 4.31. The van der Waals surface area contributed by atoms with Gasteiger partial charge in [0.25, 0.3) is 0 Å². The van der Waals surface area contributed by atoms with E-state index in [0.717, 1.165) is 37.9 Å². The largest absolute Gasteiger partial charge is 0.317 e. The van der Waals surface area contributed by atoms with Gasteiger partial charge in [-0.25, -0.2) is 4.39 Å². The van der Waals surface area contributed by atoms with Crippen molar-refractivity contribution in [1.29, 1.82) is 0 Å². The number of benzene rings is 1. The van der Waals surface area contributed by atoms with Crippen molar-refractivity contribution in [2.24, 2.45) is 0 Å². The number of hydrogen-bond acceptors (Lipinski definition) is 1. The van der Waals surface area contributed by atoms with Crippen LogP contribution < -0.4 is 5.32 Å². The van der Waals surface area contributed by atoms with Gasteiger partial charge in [0.05, 0.1) is 4.47 Å². The molecule has 0 aliphatic rings. The topological polar surface area (TPSA) is 12.0 Å². The molecule has 0 fully saturated rings. The van der Waals surface area contributed by atoms with Crippen molar-refractivity contribution in [3.8, 4) is 0 Å². The molecular formula is C12H17BrFN. The summed E-state index contributed by atoms with van der Waals surface area (Å²) in [6, 6.07) is 5.45. The lowest BCUT2D eigenvalue weighted by Gasteiger charge is -2.05. The minimum atomic E-state index is -0.118. The Morgan fingerprint density at radius 3 is 2.87 bits per heavy atom. The molecular weight excluding hydrogens is 257 g/mol. The van der Waals surface area contributed by atoms with Crippen LogP contribution in [-0.4, -0.2) is 13.1 Å². The molecule has 1 nitrogen and oxygen atoms in total. The monoisotopic (exact) mass is 273 g/mol. The molecule has 0 spiro atoms. The summed E-state index contributed by atoms with van der Waals surface area (Å²) < 4.78 is 14.1. The smallest absolute Gasteiger partial charge is 0.140 e. The van der Waals surface area contributed by atoms with E-state index in [-0.39, 0.29) is 5.82 Å². The Bertz CT molecular complexity index is 302. The first-order valence-corrected chi connectivity index (χ1v) is 6.18. The molecule has 1 aromatic rings. The van der Waals surface area contributed by atoms with Crippen molar-refractivity contribution in [2.45, 2.75) is 26.2 Å². The van der Waals surface area contributed by atoms with Gasteiger partial charge in [0, 0.05) is 0 Å². The van der Waals surface area contributed by atoms with Gasteiger partial charge in [-0.05, 0) is 59.9 Å². The Labute approximate surface area is 99.2 Å². The molecule has 15 heavy (non-hydrogen) atoms. The van der Waals surface area contributed by atoms with E-state index < -0.39 is 0 Å². The number of rotatable bonds is 6. The van der Waals surface area contributed by atoms with Crippen LogP contribution in [0.1, 0.15) is 25.3 Å². The zero-order valence-corrected chi connectivity index (χ0v) is 10.6. The molecule has 0 heterocycles. The summed E-state index contributed by atoms with van der Waals surface area (Å²) in [6.45, 7) is 4.14. The van der Waals surface area contributed by atoms with E-state index in [1.165, 1.54) is 0 Å². The van der Waals surface area contributed by atoms with Crippen LogP contribution in [0.3, 0.4) is 0 Å². The molecule has 1 aromatic carbocycles. The molecule has 0 aliphatic heterocycles. The standard InChI is InChI=1S/C12H17BrFN/c1-2-8-15-9-4-6-10-5-3-7-11(13)12(10)14/h3,5,7,15H,2,4,6,8-9H2,1H3. The molecule has 0 unspecified atom stereocenters. The minimum Gasteiger partial charge on any atom is -0.317 e. The predicted octanol–water partition coefficient (Wildman–Crippen LogP) is 3.52. The van der Waals surface area contributed by atoms with E-state index in [1.807, 2.05) is 12.1 Å². The Kier molecular flexibility index (Phi) is 5.88. The quantitative estimate of drug-likeness (QED) is 0.783. The maximum absolute atomic E-state index is 13.5. The molecule has 0 bridgehead atoms. The van der Waals surface area contributed by atoms with Gasteiger partial charge in [-0.3, -0.25) is 0 Å². The highest BCUT2D eigenvalue weighted by atomic mass is 79.9. The van der Waals surface area contributed by atoms with E-state index in [4.69, 9.17) is 0 Å². The van der Waals surface area contributed by atoms with Crippen LogP contribution in [0.2, 0.25) is 0 Å². The first kappa shape index (κ1) is 12.7. The molecule has 0 radical (unpaired) electrons. The fraction of sp³-hybridized carbons (Fsp3) is 0.500. The van der Waals surface area contributed by atoms with E-state index in [1.54, 1.807) is 6.07 Å². The van der Waals surface area contributed by atoms with E-state index in [0.29, 0.717) is 4.47 Å². The van der Waals surface area contributed by atoms with Crippen molar-refractivity contribution < 1.29 is 4.39 Å². The Hall–Kier alpha value is -0.410. The van der Waals surface area contributed by atoms with Gasteiger partial charge in [0.2, 0.25) is 0 Å². The first-order chi connectivity index (χ1) is 7.25. The second kappa shape index (κ2) is 6.96. The van der Waals surface area contributed by atoms with Crippen molar-refractivity contribution in [3.05, 3.63) is 34.1 Å². The van der Waals surface area contributed by atoms with Crippen LogP contribution in [0.5, 0.6) is 0 Å². The van der Waals surface area contributed by atoms with Crippen LogP contribution in [0.15, 0.2) is 22.7 Å². The van der Waals surface area contributed by atoms with E-state index >= 15 is 0 Å². The third-order valence-corrected chi connectivity index (χ3v) is 2.87. The van der Waals surface area contributed by atoms with Gasteiger partial charge >= 0.3 is 0 Å². The highest BCUT2D eigenvalue weighted by Gasteiger charge is 2.04. The second-order valence-electron chi connectivity index (χ2n) is 3.57. The predicted molar refractivity (Wildman–Crippen MR) is 65.6 cm³/mol. The lowest BCUT2D eigenvalue weighted by molar-refractivity contribution is 0.587. The minimum absolute atomic E-state index is 0.118. The average molecular weight is 274 g/mol. The summed E-state index contributed by atoms with van der Waals surface area (Å²) in [6.07, 6.45) is 2.92. The van der Waals surface area contributed by atoms with Gasteiger partial charge in [0.15, 0.2) is 0 Å². The fourth-order valence-electron chi connectivity index (χ4n) is 1.45. The maximum atomic E-state index is 13.5. The zero-order chi connectivity index (χ0) is 11.1. The zero-order valence-electron chi connectivity index (χ0n) is 9.02. The Morgan fingerprint density at radius 1 is 1.33 bits per heavy atom. The fourth-order valence-corrected chi connectivity index (χ4v) is 1.85. The van der Waals surface area contributed by atoms with Crippen LogP contribution in [0.4, 0.5) is 4.39 Å². The highest BCUT2D eigenvalue weighted by Crippen LogP contribution is 2.19. The summed E-state index contributed by atoms with van der Waals surface area (Å²) in [5, 5.41) is 3.31.